The van der Waals surface area contributed by atoms with Crippen LogP contribution in [0.15, 0.2) is 95.4 Å². The van der Waals surface area contributed by atoms with E-state index in [0.29, 0.717) is 17.5 Å². The van der Waals surface area contributed by atoms with E-state index in [-0.39, 0.29) is 0 Å². The van der Waals surface area contributed by atoms with E-state index in [0.717, 1.165) is 51.5 Å². The van der Waals surface area contributed by atoms with Crippen molar-refractivity contribution in [2.75, 3.05) is 0 Å². The summed E-state index contributed by atoms with van der Waals surface area (Å²) in [6.07, 6.45) is 8.51. The lowest BCUT2D eigenvalue weighted by Crippen LogP contribution is -2.03. The number of hydrogen-bond donors (Lipinski definition) is 0. The van der Waals surface area contributed by atoms with Crippen molar-refractivity contribution in [1.82, 2.24) is 15.0 Å². The Bertz CT molecular complexity index is 1480. The van der Waals surface area contributed by atoms with Crippen LogP contribution in [0.5, 0.6) is 0 Å². The van der Waals surface area contributed by atoms with E-state index in [2.05, 4.69) is 30.4 Å². The van der Waals surface area contributed by atoms with E-state index in [1.165, 1.54) is 0 Å². The summed E-state index contributed by atoms with van der Waals surface area (Å²) in [4.78, 5) is 14.6. The zero-order valence-corrected chi connectivity index (χ0v) is 16.8. The molecule has 0 amide bonds. The number of hydrogen-bond acceptors (Lipinski definition) is 4. The molecule has 4 heteroatoms. The Labute approximate surface area is 179 Å². The van der Waals surface area contributed by atoms with E-state index in [1.807, 2.05) is 60.7 Å². The molecule has 148 valence electrons. The molecular weight excluding hydrogens is 382 g/mol. The maximum Gasteiger partial charge on any atom is 0.164 e. The monoisotopic (exact) mass is 401 g/mol. The molecule has 2 aromatic heterocycles. The van der Waals surface area contributed by atoms with Crippen LogP contribution in [-0.2, 0) is 0 Å². The van der Waals surface area contributed by atoms with E-state index >= 15 is 0 Å². The van der Waals surface area contributed by atoms with Gasteiger partial charge in [0.15, 0.2) is 17.5 Å². The second kappa shape index (κ2) is 7.33. The van der Waals surface area contributed by atoms with Crippen LogP contribution in [0.2, 0.25) is 0 Å². The molecule has 4 nitrogen and oxygen atoms in total. The van der Waals surface area contributed by atoms with Crippen LogP contribution >= 0.6 is 0 Å². The molecule has 3 aromatic carbocycles. The van der Waals surface area contributed by atoms with Crippen molar-refractivity contribution in [3.05, 3.63) is 96.8 Å². The molecule has 0 atom stereocenters. The zero-order valence-electron chi connectivity index (χ0n) is 16.8. The molecular formula is C27H19N3O. The van der Waals surface area contributed by atoms with Crippen molar-refractivity contribution < 1.29 is 4.42 Å². The minimum atomic E-state index is 0.654. The standard InChI is InChI=1S/C27H19N3O/c1-3-10-18(11-4-1)25-28-26(19-12-5-2-6-13-19)30-27(29-25)21-15-9-17-23-24(21)20-14-7-8-16-22(20)31-23/h1,3-5,7-17H,2,6H2. The van der Waals surface area contributed by atoms with Gasteiger partial charge in [0.05, 0.1) is 0 Å². The highest BCUT2D eigenvalue weighted by Crippen LogP contribution is 2.36. The number of allylic oxidation sites excluding steroid dienone is 4. The highest BCUT2D eigenvalue weighted by molar-refractivity contribution is 6.11. The van der Waals surface area contributed by atoms with Gasteiger partial charge in [0.25, 0.3) is 0 Å². The van der Waals surface area contributed by atoms with Gasteiger partial charge in [0, 0.05) is 27.5 Å². The summed E-state index contributed by atoms with van der Waals surface area (Å²) < 4.78 is 6.08. The fraction of sp³-hybridized carbons (Fsp3) is 0.0741. The fourth-order valence-corrected chi connectivity index (χ4v) is 4.08. The number of aromatic nitrogens is 3. The largest absolute Gasteiger partial charge is 0.456 e. The van der Waals surface area contributed by atoms with Gasteiger partial charge in [0.1, 0.15) is 11.2 Å². The molecule has 1 aliphatic rings. The third-order valence-corrected chi connectivity index (χ3v) is 5.56. The third kappa shape index (κ3) is 3.13. The summed E-state index contributed by atoms with van der Waals surface area (Å²) in [6.45, 7) is 0. The van der Waals surface area contributed by atoms with Gasteiger partial charge in [-0.3, -0.25) is 0 Å². The molecule has 0 aliphatic heterocycles. The first kappa shape index (κ1) is 17.8. The molecule has 2 heterocycles. The smallest absolute Gasteiger partial charge is 0.164 e. The predicted molar refractivity (Wildman–Crippen MR) is 124 cm³/mol. The first-order chi connectivity index (χ1) is 15.4. The summed E-state index contributed by atoms with van der Waals surface area (Å²) >= 11 is 0. The quantitative estimate of drug-likeness (QED) is 0.332. The number of para-hydroxylation sites is 1. The van der Waals surface area contributed by atoms with Crippen molar-refractivity contribution in [3.8, 4) is 22.8 Å². The molecule has 0 radical (unpaired) electrons. The summed E-state index contributed by atoms with van der Waals surface area (Å²) in [5, 5.41) is 2.09. The van der Waals surface area contributed by atoms with Gasteiger partial charge in [-0.1, -0.05) is 78.9 Å². The molecule has 0 unspecified atom stereocenters. The number of furan rings is 1. The molecule has 0 fully saturated rings. The van der Waals surface area contributed by atoms with Gasteiger partial charge < -0.3 is 4.42 Å². The molecule has 0 bridgehead atoms. The number of rotatable bonds is 3. The van der Waals surface area contributed by atoms with Gasteiger partial charge in [-0.05, 0) is 25.0 Å². The molecule has 1 aliphatic carbocycles. The second-order valence-corrected chi connectivity index (χ2v) is 7.59. The Hall–Kier alpha value is -4.05. The van der Waals surface area contributed by atoms with E-state index in [9.17, 15) is 0 Å². The fourth-order valence-electron chi connectivity index (χ4n) is 4.08. The van der Waals surface area contributed by atoms with Gasteiger partial charge >= 0.3 is 0 Å². The number of nitrogens with zero attached hydrogens (tertiary/aromatic N) is 3. The van der Waals surface area contributed by atoms with Crippen molar-refractivity contribution >= 4 is 27.5 Å². The van der Waals surface area contributed by atoms with Crippen molar-refractivity contribution in [3.63, 3.8) is 0 Å². The van der Waals surface area contributed by atoms with E-state index < -0.39 is 0 Å². The van der Waals surface area contributed by atoms with Crippen LogP contribution in [-0.4, -0.2) is 15.0 Å². The lowest BCUT2D eigenvalue weighted by molar-refractivity contribution is 0.669. The molecule has 31 heavy (non-hydrogen) atoms. The molecule has 0 saturated carbocycles. The van der Waals surface area contributed by atoms with Crippen LogP contribution in [0.4, 0.5) is 0 Å². The van der Waals surface area contributed by atoms with Crippen LogP contribution < -0.4 is 0 Å². The molecule has 6 rings (SSSR count). The van der Waals surface area contributed by atoms with Crippen LogP contribution in [0, 0.1) is 0 Å². The Kier molecular flexibility index (Phi) is 4.20. The van der Waals surface area contributed by atoms with Crippen molar-refractivity contribution in [2.24, 2.45) is 0 Å². The Morgan fingerprint density at radius 1 is 0.645 bits per heavy atom. The lowest BCUT2D eigenvalue weighted by Gasteiger charge is -2.11. The minimum Gasteiger partial charge on any atom is -0.456 e. The predicted octanol–water partition coefficient (Wildman–Crippen LogP) is 6.84. The second-order valence-electron chi connectivity index (χ2n) is 7.59. The first-order valence-corrected chi connectivity index (χ1v) is 10.5. The molecule has 0 saturated heterocycles. The Balaban J connectivity index is 1.63. The summed E-state index contributed by atoms with van der Waals surface area (Å²) in [7, 11) is 0. The molecule has 5 aromatic rings. The van der Waals surface area contributed by atoms with Gasteiger partial charge in [-0.25, -0.2) is 15.0 Å². The van der Waals surface area contributed by atoms with Gasteiger partial charge in [-0.15, -0.1) is 0 Å². The topological polar surface area (TPSA) is 51.8 Å². The highest BCUT2D eigenvalue weighted by atomic mass is 16.3. The zero-order chi connectivity index (χ0) is 20.6. The Morgan fingerprint density at radius 2 is 1.42 bits per heavy atom. The molecule has 0 N–H and O–H groups in total. The average Bonchev–Trinajstić information content (AvgIpc) is 3.24. The Morgan fingerprint density at radius 3 is 2.29 bits per heavy atom. The third-order valence-electron chi connectivity index (χ3n) is 5.56. The lowest BCUT2D eigenvalue weighted by atomic mass is 10.0. The van der Waals surface area contributed by atoms with Crippen LogP contribution in [0.25, 0.3) is 50.3 Å². The van der Waals surface area contributed by atoms with Gasteiger partial charge in [0.2, 0.25) is 0 Å². The van der Waals surface area contributed by atoms with Crippen molar-refractivity contribution in [1.29, 1.82) is 0 Å². The highest BCUT2D eigenvalue weighted by Gasteiger charge is 2.17. The van der Waals surface area contributed by atoms with E-state index in [4.69, 9.17) is 19.4 Å². The van der Waals surface area contributed by atoms with E-state index in [1.54, 1.807) is 0 Å². The normalized spacial score (nSPS) is 13.6. The number of benzene rings is 3. The van der Waals surface area contributed by atoms with Gasteiger partial charge in [-0.2, -0.15) is 0 Å². The summed E-state index contributed by atoms with van der Waals surface area (Å²) in [5.74, 6) is 2.02. The van der Waals surface area contributed by atoms with Crippen molar-refractivity contribution in [2.45, 2.75) is 12.8 Å². The SMILES string of the molecule is C1=CC(c2nc(-c3ccccc3)nc(-c3cccc4oc5ccccc5c34)n2)=CCC1. The minimum absolute atomic E-state index is 0.654. The maximum atomic E-state index is 6.08. The average molecular weight is 401 g/mol. The summed E-state index contributed by atoms with van der Waals surface area (Å²) in [5.41, 5.74) is 4.65. The van der Waals surface area contributed by atoms with Crippen LogP contribution in [0.1, 0.15) is 18.7 Å². The first-order valence-electron chi connectivity index (χ1n) is 10.5. The maximum absolute atomic E-state index is 6.08. The van der Waals surface area contributed by atoms with Crippen LogP contribution in [0.3, 0.4) is 0 Å². The summed E-state index contributed by atoms with van der Waals surface area (Å²) in [6, 6.07) is 24.2. The molecule has 0 spiro atoms. The number of fused-ring (bicyclic) bond motifs is 3.